The Morgan fingerprint density at radius 3 is 2.25 bits per heavy atom. The summed E-state index contributed by atoms with van der Waals surface area (Å²) in [6, 6.07) is 17.2. The molecule has 3 rings (SSSR count). The van der Waals surface area contributed by atoms with Gasteiger partial charge in [-0.25, -0.2) is 5.01 Å². The minimum Gasteiger partial charge on any atom is -0.296 e. The minimum atomic E-state index is -0.0508. The average Bonchev–Trinajstić information content (AvgIpc) is 2.59. The SMILES string of the molecule is Cl.O=C(NN1CCN(Cc2ccccc2Cl)CC1)c1ccccc1. The fourth-order valence-electron chi connectivity index (χ4n) is 2.68. The Morgan fingerprint density at radius 2 is 1.58 bits per heavy atom. The number of hydrogen-bond donors (Lipinski definition) is 1. The zero-order valence-corrected chi connectivity index (χ0v) is 14.9. The number of hydrazine groups is 1. The van der Waals surface area contributed by atoms with E-state index in [2.05, 4.69) is 16.4 Å². The third-order valence-corrected chi connectivity index (χ3v) is 4.39. The van der Waals surface area contributed by atoms with Crippen molar-refractivity contribution in [3.63, 3.8) is 0 Å². The molecule has 1 fully saturated rings. The summed E-state index contributed by atoms with van der Waals surface area (Å²) in [6.07, 6.45) is 0. The summed E-state index contributed by atoms with van der Waals surface area (Å²) < 4.78 is 0. The predicted molar refractivity (Wildman–Crippen MR) is 99.5 cm³/mol. The molecule has 0 bridgehead atoms. The lowest BCUT2D eigenvalue weighted by molar-refractivity contribution is 0.0604. The summed E-state index contributed by atoms with van der Waals surface area (Å²) in [6.45, 7) is 4.27. The standard InChI is InChI=1S/C18H20ClN3O.ClH/c19-17-9-5-4-8-16(17)14-21-10-12-22(13-11-21)20-18(23)15-6-2-1-3-7-15;/h1-9H,10-14H2,(H,20,23);1H. The molecule has 0 radical (unpaired) electrons. The van der Waals surface area contributed by atoms with Crippen molar-refractivity contribution in [3.05, 3.63) is 70.7 Å². The first-order chi connectivity index (χ1) is 11.2. The van der Waals surface area contributed by atoms with Gasteiger partial charge in [-0.15, -0.1) is 12.4 Å². The molecule has 0 saturated carbocycles. The Kier molecular flexibility index (Phi) is 7.06. The van der Waals surface area contributed by atoms with E-state index in [9.17, 15) is 4.79 Å². The first-order valence-corrected chi connectivity index (χ1v) is 8.17. The number of nitrogens with zero attached hydrogens (tertiary/aromatic N) is 2. The van der Waals surface area contributed by atoms with Gasteiger partial charge in [0, 0.05) is 43.3 Å². The third-order valence-electron chi connectivity index (χ3n) is 4.02. The van der Waals surface area contributed by atoms with Crippen molar-refractivity contribution < 1.29 is 4.79 Å². The van der Waals surface area contributed by atoms with Gasteiger partial charge in [0.25, 0.3) is 5.91 Å². The summed E-state index contributed by atoms with van der Waals surface area (Å²) in [4.78, 5) is 14.5. The Hall–Kier alpha value is -1.59. The lowest BCUT2D eigenvalue weighted by Crippen LogP contribution is -2.53. The van der Waals surface area contributed by atoms with E-state index in [-0.39, 0.29) is 18.3 Å². The van der Waals surface area contributed by atoms with E-state index in [1.54, 1.807) is 0 Å². The van der Waals surface area contributed by atoms with Crippen molar-refractivity contribution in [2.75, 3.05) is 26.2 Å². The molecule has 1 aliphatic rings. The van der Waals surface area contributed by atoms with Crippen molar-refractivity contribution in [3.8, 4) is 0 Å². The number of carbonyl (C=O) groups excluding carboxylic acids is 1. The molecule has 2 aromatic carbocycles. The molecule has 128 valence electrons. The Morgan fingerprint density at radius 1 is 0.958 bits per heavy atom. The van der Waals surface area contributed by atoms with E-state index >= 15 is 0 Å². The van der Waals surface area contributed by atoms with E-state index in [0.717, 1.165) is 43.3 Å². The summed E-state index contributed by atoms with van der Waals surface area (Å²) in [5.74, 6) is -0.0508. The average molecular weight is 366 g/mol. The maximum absolute atomic E-state index is 12.1. The van der Waals surface area contributed by atoms with Gasteiger partial charge in [0.05, 0.1) is 0 Å². The van der Waals surface area contributed by atoms with Crippen LogP contribution in [-0.4, -0.2) is 42.0 Å². The molecule has 0 atom stereocenters. The molecule has 1 saturated heterocycles. The molecule has 24 heavy (non-hydrogen) atoms. The fourth-order valence-corrected chi connectivity index (χ4v) is 2.88. The molecule has 0 aromatic heterocycles. The smallest absolute Gasteiger partial charge is 0.265 e. The maximum atomic E-state index is 12.1. The maximum Gasteiger partial charge on any atom is 0.265 e. The highest BCUT2D eigenvalue weighted by Crippen LogP contribution is 2.17. The minimum absolute atomic E-state index is 0. The second kappa shape index (κ2) is 9.04. The van der Waals surface area contributed by atoms with Crippen LogP contribution in [0.25, 0.3) is 0 Å². The molecule has 0 aliphatic carbocycles. The molecule has 4 nitrogen and oxygen atoms in total. The highest BCUT2D eigenvalue weighted by Gasteiger charge is 2.19. The van der Waals surface area contributed by atoms with Gasteiger partial charge < -0.3 is 0 Å². The third kappa shape index (κ3) is 4.95. The number of nitrogens with one attached hydrogen (secondary N) is 1. The van der Waals surface area contributed by atoms with Crippen LogP contribution in [0.3, 0.4) is 0 Å². The van der Waals surface area contributed by atoms with Crippen LogP contribution in [0.2, 0.25) is 5.02 Å². The van der Waals surface area contributed by atoms with Crippen LogP contribution < -0.4 is 5.43 Å². The van der Waals surface area contributed by atoms with Crippen molar-refractivity contribution >= 4 is 29.9 Å². The first kappa shape index (κ1) is 18.7. The largest absolute Gasteiger partial charge is 0.296 e. The summed E-state index contributed by atoms with van der Waals surface area (Å²) in [5.41, 5.74) is 4.81. The molecular formula is C18H21Cl2N3O. The lowest BCUT2D eigenvalue weighted by atomic mass is 10.2. The van der Waals surface area contributed by atoms with E-state index in [0.29, 0.717) is 5.56 Å². The highest BCUT2D eigenvalue weighted by atomic mass is 35.5. The van der Waals surface area contributed by atoms with Gasteiger partial charge in [-0.05, 0) is 23.8 Å². The number of carbonyl (C=O) groups is 1. The molecule has 1 aliphatic heterocycles. The van der Waals surface area contributed by atoms with Gasteiger partial charge in [-0.1, -0.05) is 48.0 Å². The highest BCUT2D eigenvalue weighted by molar-refractivity contribution is 6.31. The number of hydrogen-bond acceptors (Lipinski definition) is 3. The van der Waals surface area contributed by atoms with Crippen LogP contribution in [-0.2, 0) is 6.54 Å². The number of halogens is 2. The Labute approximate surface area is 153 Å². The van der Waals surface area contributed by atoms with Crippen molar-refractivity contribution in [1.29, 1.82) is 0 Å². The van der Waals surface area contributed by atoms with Gasteiger partial charge >= 0.3 is 0 Å². The predicted octanol–water partition coefficient (Wildman–Crippen LogP) is 3.22. The van der Waals surface area contributed by atoms with Crippen LogP contribution in [0.15, 0.2) is 54.6 Å². The Balaban J connectivity index is 0.00000208. The van der Waals surface area contributed by atoms with Crippen LogP contribution in [0, 0.1) is 0 Å². The monoisotopic (exact) mass is 365 g/mol. The first-order valence-electron chi connectivity index (χ1n) is 7.79. The number of amides is 1. The normalized spacial score (nSPS) is 15.5. The van der Waals surface area contributed by atoms with Crippen LogP contribution in [0.5, 0.6) is 0 Å². The second-order valence-corrected chi connectivity index (χ2v) is 6.07. The van der Waals surface area contributed by atoms with E-state index in [1.165, 1.54) is 0 Å². The molecular weight excluding hydrogens is 345 g/mol. The van der Waals surface area contributed by atoms with Crippen molar-refractivity contribution in [2.24, 2.45) is 0 Å². The van der Waals surface area contributed by atoms with Gasteiger partial charge in [0.1, 0.15) is 0 Å². The summed E-state index contributed by atoms with van der Waals surface area (Å²) in [5, 5.41) is 2.80. The van der Waals surface area contributed by atoms with E-state index < -0.39 is 0 Å². The molecule has 1 heterocycles. The van der Waals surface area contributed by atoms with Gasteiger partial charge in [0.15, 0.2) is 0 Å². The molecule has 0 spiro atoms. The van der Waals surface area contributed by atoms with Crippen LogP contribution in [0.1, 0.15) is 15.9 Å². The molecule has 1 amide bonds. The van der Waals surface area contributed by atoms with Gasteiger partial charge in [-0.2, -0.15) is 0 Å². The van der Waals surface area contributed by atoms with Gasteiger partial charge in [0.2, 0.25) is 0 Å². The second-order valence-electron chi connectivity index (χ2n) is 5.66. The lowest BCUT2D eigenvalue weighted by Gasteiger charge is -2.34. The summed E-state index contributed by atoms with van der Waals surface area (Å²) >= 11 is 6.21. The van der Waals surface area contributed by atoms with Gasteiger partial charge in [-0.3, -0.25) is 15.1 Å². The van der Waals surface area contributed by atoms with E-state index in [1.807, 2.05) is 53.5 Å². The molecule has 0 unspecified atom stereocenters. The van der Waals surface area contributed by atoms with Crippen molar-refractivity contribution in [2.45, 2.75) is 6.54 Å². The fraction of sp³-hybridized carbons (Fsp3) is 0.278. The number of rotatable bonds is 4. The molecule has 6 heteroatoms. The zero-order chi connectivity index (χ0) is 16.1. The van der Waals surface area contributed by atoms with E-state index in [4.69, 9.17) is 11.6 Å². The van der Waals surface area contributed by atoms with Crippen LogP contribution >= 0.6 is 24.0 Å². The topological polar surface area (TPSA) is 35.6 Å². The number of piperazine rings is 1. The quantitative estimate of drug-likeness (QED) is 0.903. The molecule has 1 N–H and O–H groups in total. The van der Waals surface area contributed by atoms with Crippen LogP contribution in [0.4, 0.5) is 0 Å². The zero-order valence-electron chi connectivity index (χ0n) is 13.3. The summed E-state index contributed by atoms with van der Waals surface area (Å²) in [7, 11) is 0. The van der Waals surface area contributed by atoms with Crippen molar-refractivity contribution in [1.82, 2.24) is 15.3 Å². The Bertz CT molecular complexity index is 658. The number of benzene rings is 2. The molecule has 2 aromatic rings.